The highest BCUT2D eigenvalue weighted by atomic mass is 15.3. The van der Waals surface area contributed by atoms with Crippen molar-refractivity contribution in [2.75, 3.05) is 19.6 Å². The summed E-state index contributed by atoms with van der Waals surface area (Å²) in [6.45, 7) is 14.2. The minimum absolute atomic E-state index is 0.532. The van der Waals surface area contributed by atoms with Crippen molar-refractivity contribution in [3.63, 3.8) is 0 Å². The monoisotopic (exact) mass is 280 g/mol. The van der Waals surface area contributed by atoms with Gasteiger partial charge in [-0.1, -0.05) is 13.8 Å². The second kappa shape index (κ2) is 8.42. The molecule has 1 unspecified atom stereocenters. The second-order valence-corrected chi connectivity index (χ2v) is 6.28. The molecule has 4 nitrogen and oxygen atoms in total. The molecule has 0 amide bonds. The van der Waals surface area contributed by atoms with E-state index < -0.39 is 0 Å². The molecule has 20 heavy (non-hydrogen) atoms. The Morgan fingerprint density at radius 3 is 2.40 bits per heavy atom. The molecule has 0 fully saturated rings. The van der Waals surface area contributed by atoms with Gasteiger partial charge in [0.05, 0.1) is 5.69 Å². The van der Waals surface area contributed by atoms with Gasteiger partial charge in [-0.3, -0.25) is 4.68 Å². The molecule has 1 atom stereocenters. The van der Waals surface area contributed by atoms with Crippen LogP contribution in [0.1, 0.15) is 44.1 Å². The van der Waals surface area contributed by atoms with Gasteiger partial charge in [-0.2, -0.15) is 5.10 Å². The van der Waals surface area contributed by atoms with E-state index in [1.807, 2.05) is 11.7 Å². The maximum Gasteiger partial charge on any atom is 0.0628 e. The summed E-state index contributed by atoms with van der Waals surface area (Å²) in [6, 6.07) is 0.532. The van der Waals surface area contributed by atoms with E-state index >= 15 is 0 Å². The number of aryl methyl sites for hydroxylation is 2. The zero-order valence-corrected chi connectivity index (χ0v) is 14.1. The summed E-state index contributed by atoms with van der Waals surface area (Å²) in [5.74, 6) is 0.721. The minimum Gasteiger partial charge on any atom is -0.315 e. The summed E-state index contributed by atoms with van der Waals surface area (Å²) < 4.78 is 1.98. The van der Waals surface area contributed by atoms with Crippen LogP contribution in [0.5, 0.6) is 0 Å². The average molecular weight is 280 g/mol. The van der Waals surface area contributed by atoms with Crippen LogP contribution in [-0.2, 0) is 13.5 Å². The third kappa shape index (κ3) is 5.63. The first-order valence-electron chi connectivity index (χ1n) is 7.85. The summed E-state index contributed by atoms with van der Waals surface area (Å²) in [5.41, 5.74) is 3.89. The number of nitrogens with zero attached hydrogens (tertiary/aromatic N) is 2. The third-order valence-electron chi connectivity index (χ3n) is 3.76. The molecule has 2 N–H and O–H groups in total. The minimum atomic E-state index is 0.532. The van der Waals surface area contributed by atoms with Gasteiger partial charge in [-0.15, -0.1) is 0 Å². The summed E-state index contributed by atoms with van der Waals surface area (Å²) in [4.78, 5) is 0. The molecule has 116 valence electrons. The quantitative estimate of drug-likeness (QED) is 0.681. The first kappa shape index (κ1) is 17.2. The Balaban J connectivity index is 2.18. The molecule has 0 aliphatic heterocycles. The van der Waals surface area contributed by atoms with E-state index in [9.17, 15) is 0 Å². The Morgan fingerprint density at radius 1 is 1.15 bits per heavy atom. The fourth-order valence-electron chi connectivity index (χ4n) is 2.45. The summed E-state index contributed by atoms with van der Waals surface area (Å²) in [7, 11) is 2.02. The van der Waals surface area contributed by atoms with Crippen LogP contribution < -0.4 is 10.6 Å². The van der Waals surface area contributed by atoms with Crippen LogP contribution in [-0.4, -0.2) is 35.5 Å². The van der Waals surface area contributed by atoms with Crippen LogP contribution >= 0.6 is 0 Å². The third-order valence-corrected chi connectivity index (χ3v) is 3.76. The number of nitrogens with one attached hydrogen (secondary N) is 2. The highest BCUT2D eigenvalue weighted by Gasteiger charge is 2.08. The second-order valence-electron chi connectivity index (χ2n) is 6.28. The van der Waals surface area contributed by atoms with Crippen molar-refractivity contribution in [2.24, 2.45) is 13.0 Å². The topological polar surface area (TPSA) is 41.9 Å². The lowest BCUT2D eigenvalue weighted by molar-refractivity contribution is 0.469. The van der Waals surface area contributed by atoms with Crippen molar-refractivity contribution in [2.45, 2.75) is 53.5 Å². The van der Waals surface area contributed by atoms with Gasteiger partial charge in [0.2, 0.25) is 0 Å². The Labute approximate surface area is 124 Å². The van der Waals surface area contributed by atoms with E-state index in [0.717, 1.165) is 32.0 Å². The van der Waals surface area contributed by atoms with Gasteiger partial charge >= 0.3 is 0 Å². The van der Waals surface area contributed by atoms with Gasteiger partial charge in [0.15, 0.2) is 0 Å². The smallest absolute Gasteiger partial charge is 0.0628 e. The van der Waals surface area contributed by atoms with E-state index in [4.69, 9.17) is 0 Å². The van der Waals surface area contributed by atoms with Crippen molar-refractivity contribution in [1.29, 1.82) is 0 Å². The van der Waals surface area contributed by atoms with Crippen LogP contribution in [0.2, 0.25) is 0 Å². The highest BCUT2D eigenvalue weighted by Crippen LogP contribution is 2.13. The molecule has 1 rings (SSSR count). The SMILES string of the molecule is Cc1nn(C)c(C)c1CCCNC(C)CNCC(C)C. The van der Waals surface area contributed by atoms with Gasteiger partial charge in [0, 0.05) is 25.3 Å². The molecule has 4 heteroatoms. The molecule has 1 heterocycles. The Kier molecular flexibility index (Phi) is 7.24. The zero-order valence-electron chi connectivity index (χ0n) is 14.1. The fourth-order valence-corrected chi connectivity index (χ4v) is 2.45. The molecular formula is C16H32N4. The van der Waals surface area contributed by atoms with Crippen LogP contribution in [0.15, 0.2) is 0 Å². The Hall–Kier alpha value is -0.870. The van der Waals surface area contributed by atoms with Gasteiger partial charge in [0.1, 0.15) is 0 Å². The molecule has 0 radical (unpaired) electrons. The lowest BCUT2D eigenvalue weighted by Gasteiger charge is -2.15. The molecule has 0 spiro atoms. The molecule has 0 bridgehead atoms. The maximum absolute atomic E-state index is 4.47. The highest BCUT2D eigenvalue weighted by molar-refractivity contribution is 5.24. The predicted octanol–water partition coefficient (Wildman–Crippen LogP) is 2.19. The van der Waals surface area contributed by atoms with Crippen LogP contribution in [0.3, 0.4) is 0 Å². The van der Waals surface area contributed by atoms with Gasteiger partial charge in [0.25, 0.3) is 0 Å². The molecule has 0 aromatic carbocycles. The number of hydrogen-bond donors (Lipinski definition) is 2. The molecule has 0 saturated heterocycles. The van der Waals surface area contributed by atoms with Crippen LogP contribution in [0, 0.1) is 19.8 Å². The normalized spacial score (nSPS) is 13.2. The van der Waals surface area contributed by atoms with Crippen molar-refractivity contribution in [3.8, 4) is 0 Å². The Bertz CT molecular complexity index is 395. The van der Waals surface area contributed by atoms with Gasteiger partial charge in [-0.05, 0) is 58.2 Å². The van der Waals surface area contributed by atoms with Gasteiger partial charge in [-0.25, -0.2) is 0 Å². The average Bonchev–Trinajstić information content (AvgIpc) is 2.59. The maximum atomic E-state index is 4.47. The predicted molar refractivity (Wildman–Crippen MR) is 86.2 cm³/mol. The van der Waals surface area contributed by atoms with Crippen molar-refractivity contribution in [1.82, 2.24) is 20.4 Å². The molecule has 1 aromatic rings. The first-order valence-corrected chi connectivity index (χ1v) is 7.85. The van der Waals surface area contributed by atoms with Gasteiger partial charge < -0.3 is 10.6 Å². The number of hydrogen-bond acceptors (Lipinski definition) is 3. The first-order chi connectivity index (χ1) is 9.41. The summed E-state index contributed by atoms with van der Waals surface area (Å²) in [6.07, 6.45) is 2.28. The van der Waals surface area contributed by atoms with E-state index in [-0.39, 0.29) is 0 Å². The zero-order chi connectivity index (χ0) is 15.1. The van der Waals surface area contributed by atoms with E-state index in [1.165, 1.54) is 23.4 Å². The van der Waals surface area contributed by atoms with Crippen LogP contribution in [0.25, 0.3) is 0 Å². The van der Waals surface area contributed by atoms with Crippen molar-refractivity contribution in [3.05, 3.63) is 17.0 Å². The summed E-state index contributed by atoms with van der Waals surface area (Å²) in [5, 5.41) is 11.5. The molecule has 0 aliphatic carbocycles. The largest absolute Gasteiger partial charge is 0.315 e. The van der Waals surface area contributed by atoms with E-state index in [1.54, 1.807) is 0 Å². The molecule has 0 saturated carbocycles. The fraction of sp³-hybridized carbons (Fsp3) is 0.812. The number of aromatic nitrogens is 2. The van der Waals surface area contributed by atoms with Crippen molar-refractivity contribution >= 4 is 0 Å². The molecule has 0 aliphatic rings. The Morgan fingerprint density at radius 2 is 1.85 bits per heavy atom. The lowest BCUT2D eigenvalue weighted by Crippen LogP contribution is -2.38. The van der Waals surface area contributed by atoms with E-state index in [2.05, 4.69) is 50.4 Å². The molecule has 1 aromatic heterocycles. The molecular weight excluding hydrogens is 248 g/mol. The van der Waals surface area contributed by atoms with Crippen molar-refractivity contribution < 1.29 is 0 Å². The van der Waals surface area contributed by atoms with Crippen LogP contribution in [0.4, 0.5) is 0 Å². The standard InChI is InChI=1S/C16H32N4/c1-12(2)10-17-11-13(3)18-9-7-8-16-14(4)19-20(6)15(16)5/h12-13,17-18H,7-11H2,1-6H3. The summed E-state index contributed by atoms with van der Waals surface area (Å²) >= 11 is 0. The van der Waals surface area contributed by atoms with E-state index in [0.29, 0.717) is 6.04 Å². The lowest BCUT2D eigenvalue weighted by atomic mass is 10.1. The number of rotatable bonds is 9.